The van der Waals surface area contributed by atoms with Gasteiger partial charge in [0, 0.05) is 0 Å². The molecule has 0 radical (unpaired) electrons. The van der Waals surface area contributed by atoms with Gasteiger partial charge in [0.2, 0.25) is 0 Å². The van der Waals surface area contributed by atoms with Crippen molar-refractivity contribution >= 4 is 6.48 Å². The Morgan fingerprint density at radius 2 is 1.36 bits per heavy atom. The first-order valence-electron chi connectivity index (χ1n) is 13.5. The molecule has 36 heavy (non-hydrogen) atoms. The van der Waals surface area contributed by atoms with Crippen LogP contribution in [0.25, 0.3) is 11.1 Å². The second kappa shape index (κ2) is 11.8. The predicted molar refractivity (Wildman–Crippen MR) is 146 cm³/mol. The van der Waals surface area contributed by atoms with Crippen LogP contribution in [0.15, 0.2) is 51.8 Å². The van der Waals surface area contributed by atoms with E-state index in [2.05, 4.69) is 90.1 Å². The van der Waals surface area contributed by atoms with Gasteiger partial charge in [-0.05, 0) is 0 Å². The topological polar surface area (TPSA) is 0 Å². The Labute approximate surface area is 248 Å². The minimum absolute atomic E-state index is 0. The number of allylic oxidation sites excluding steroid dienone is 4. The van der Waals surface area contributed by atoms with Crippen molar-refractivity contribution in [3.63, 3.8) is 0 Å². The molecule has 3 heteroatoms. The Morgan fingerprint density at radius 3 is 1.94 bits per heavy atom. The zero-order chi connectivity index (χ0) is 24.1. The largest absolute Gasteiger partial charge is 1.00 e. The summed E-state index contributed by atoms with van der Waals surface area (Å²) in [6, 6.07) is 12.6. The molecular weight excluding hydrogens is 647 g/mol. The molecule has 0 N–H and O–H groups in total. The quantitative estimate of drug-likeness (QED) is 0.364. The molecule has 5 rings (SSSR count). The molecule has 1 saturated carbocycles. The second-order valence-electron chi connectivity index (χ2n) is 12.8. The molecule has 0 heterocycles. The van der Waals surface area contributed by atoms with Crippen LogP contribution >= 0.6 is 0 Å². The molecular formula is C33H42Br2Zr. The predicted octanol–water partition coefficient (Wildman–Crippen LogP) is 2.47. The molecule has 0 aliphatic heterocycles. The Hall–Kier alpha value is -0.367. The zero-order valence-corrected chi connectivity index (χ0v) is 28.7. The van der Waals surface area contributed by atoms with Gasteiger partial charge >= 0.3 is 217 Å². The van der Waals surface area contributed by atoms with Crippen molar-refractivity contribution in [2.24, 2.45) is 0 Å². The Morgan fingerprint density at radius 1 is 0.722 bits per heavy atom. The third-order valence-electron chi connectivity index (χ3n) is 8.17. The van der Waals surface area contributed by atoms with Crippen LogP contribution in [-0.4, -0.2) is 3.21 Å². The summed E-state index contributed by atoms with van der Waals surface area (Å²) in [5.74, 6) is 0. The summed E-state index contributed by atoms with van der Waals surface area (Å²) < 4.78 is 5.62. The van der Waals surface area contributed by atoms with Gasteiger partial charge in [-0.1, -0.05) is 0 Å². The maximum Gasteiger partial charge on any atom is -1.00 e. The van der Waals surface area contributed by atoms with Crippen molar-refractivity contribution in [1.82, 2.24) is 0 Å². The van der Waals surface area contributed by atoms with Crippen molar-refractivity contribution in [3.8, 4) is 11.1 Å². The first-order chi connectivity index (χ1) is 16.1. The van der Waals surface area contributed by atoms with Gasteiger partial charge in [0.25, 0.3) is 0 Å². The van der Waals surface area contributed by atoms with Crippen molar-refractivity contribution in [2.45, 2.75) is 104 Å². The van der Waals surface area contributed by atoms with E-state index >= 15 is 0 Å². The maximum atomic E-state index is 2.70. The monoisotopic (exact) mass is 686 g/mol. The molecule has 0 unspecified atom stereocenters. The standard InChI is InChI=1S/C21H25.C7H12.C5H5.2BrH.Zr/c1-20(2,3)16-9-7-14-11-15-8-10-17(21(4,5)6)13-19(15)18(14)12-16;1-2-4-6-7-5-3-1;1-2-4-5-3-1;;;/h7,9-10,12-13H,11H2,1-6H3;1-6H2;1-3H,4H2;2*1H;/q;;;;;+2/p-2. The third-order valence-corrected chi connectivity index (χ3v) is 16.0. The van der Waals surface area contributed by atoms with E-state index in [1.54, 1.807) is 16.7 Å². The SMILES string of the molecule is CC(C)(C)c1ccc2c(c1)-c1cc(C(C)(C)C)c[c]([Zr+2]([C]3=CC=CC3)=[C]3CCCCCC3)c1C2.[Br-].[Br-]. The van der Waals surface area contributed by atoms with E-state index in [0.29, 0.717) is 0 Å². The van der Waals surface area contributed by atoms with Crippen LogP contribution in [0.1, 0.15) is 109 Å². The first kappa shape index (κ1) is 30.2. The molecule has 2 aromatic rings. The van der Waals surface area contributed by atoms with Gasteiger partial charge in [0.15, 0.2) is 0 Å². The summed E-state index contributed by atoms with van der Waals surface area (Å²) in [6.45, 7) is 14.2. The number of rotatable bonds is 2. The molecule has 3 aliphatic rings. The van der Waals surface area contributed by atoms with E-state index in [4.69, 9.17) is 0 Å². The van der Waals surface area contributed by atoms with Crippen molar-refractivity contribution in [3.05, 3.63) is 74.1 Å². The Balaban J connectivity index is 0.00000180. The molecule has 0 saturated heterocycles. The van der Waals surface area contributed by atoms with Gasteiger partial charge in [0.1, 0.15) is 0 Å². The normalized spacial score (nSPS) is 16.7. The van der Waals surface area contributed by atoms with Crippen LogP contribution in [-0.2, 0) is 38.5 Å². The van der Waals surface area contributed by atoms with Gasteiger partial charge < -0.3 is 34.0 Å². The van der Waals surface area contributed by atoms with E-state index in [9.17, 15) is 0 Å². The maximum absolute atomic E-state index is 2.70. The number of hydrogen-bond acceptors (Lipinski definition) is 0. The summed E-state index contributed by atoms with van der Waals surface area (Å²) in [6.07, 6.45) is 18.1. The van der Waals surface area contributed by atoms with Gasteiger partial charge in [-0.2, -0.15) is 0 Å². The molecule has 0 atom stereocenters. The Kier molecular flexibility index (Phi) is 9.89. The van der Waals surface area contributed by atoms with E-state index in [1.165, 1.54) is 61.6 Å². The average Bonchev–Trinajstić information content (AvgIpc) is 3.34. The van der Waals surface area contributed by atoms with Gasteiger partial charge in [-0.3, -0.25) is 0 Å². The van der Waals surface area contributed by atoms with Crippen LogP contribution < -0.4 is 37.2 Å². The summed E-state index contributed by atoms with van der Waals surface area (Å²) in [7, 11) is 0. The molecule has 0 amide bonds. The van der Waals surface area contributed by atoms with Crippen molar-refractivity contribution in [1.29, 1.82) is 0 Å². The van der Waals surface area contributed by atoms with Gasteiger partial charge in [-0.15, -0.1) is 0 Å². The van der Waals surface area contributed by atoms with E-state index in [1.807, 2.05) is 9.76 Å². The van der Waals surface area contributed by atoms with E-state index < -0.39 is 21.3 Å². The van der Waals surface area contributed by atoms with Crippen LogP contribution in [0.2, 0.25) is 0 Å². The summed E-state index contributed by atoms with van der Waals surface area (Å²) in [5.41, 5.74) is 9.65. The number of fused-ring (bicyclic) bond motifs is 3. The molecule has 0 nitrogen and oxygen atoms in total. The third kappa shape index (κ3) is 6.10. The summed E-state index contributed by atoms with van der Waals surface area (Å²) >= 11 is -2.13. The van der Waals surface area contributed by atoms with Crippen LogP contribution in [0.4, 0.5) is 0 Å². The minimum Gasteiger partial charge on any atom is -1.00 e. The fraction of sp³-hybridized carbons (Fsp3) is 0.485. The number of hydrogen-bond donors (Lipinski definition) is 0. The fourth-order valence-electron chi connectivity index (χ4n) is 6.03. The molecule has 3 aliphatic carbocycles. The smallest absolute Gasteiger partial charge is 1.00 e. The summed E-state index contributed by atoms with van der Waals surface area (Å²) in [5, 5.41) is 0. The first-order valence-corrected chi connectivity index (χ1v) is 17.2. The minimum atomic E-state index is -2.13. The summed E-state index contributed by atoms with van der Waals surface area (Å²) in [4.78, 5) is 0. The molecule has 0 bridgehead atoms. The second-order valence-corrected chi connectivity index (χ2v) is 19.3. The average molecular weight is 690 g/mol. The fourth-order valence-corrected chi connectivity index (χ4v) is 14.5. The molecule has 0 aromatic heterocycles. The van der Waals surface area contributed by atoms with Crippen LogP contribution in [0.5, 0.6) is 0 Å². The molecule has 0 spiro atoms. The Bertz CT molecular complexity index is 1210. The zero-order valence-electron chi connectivity index (χ0n) is 23.0. The van der Waals surface area contributed by atoms with Gasteiger partial charge in [-0.25, -0.2) is 0 Å². The van der Waals surface area contributed by atoms with Crippen LogP contribution in [0, 0.1) is 0 Å². The number of benzene rings is 2. The van der Waals surface area contributed by atoms with Crippen LogP contribution in [0.3, 0.4) is 0 Å². The van der Waals surface area contributed by atoms with Crippen molar-refractivity contribution in [2.75, 3.05) is 0 Å². The number of halogens is 2. The molecule has 2 aromatic carbocycles. The molecule has 1 fully saturated rings. The van der Waals surface area contributed by atoms with E-state index in [0.717, 1.165) is 6.42 Å². The van der Waals surface area contributed by atoms with Crippen molar-refractivity contribution < 1.29 is 55.2 Å². The van der Waals surface area contributed by atoms with E-state index in [-0.39, 0.29) is 44.8 Å². The molecule has 192 valence electrons. The van der Waals surface area contributed by atoms with Gasteiger partial charge in [0.05, 0.1) is 0 Å².